The highest BCUT2D eigenvalue weighted by Gasteiger charge is 2.33. The minimum absolute atomic E-state index is 0.102. The lowest BCUT2D eigenvalue weighted by atomic mass is 10.1. The number of rotatable bonds is 0. The fourth-order valence-electron chi connectivity index (χ4n) is 0.949. The second-order valence-corrected chi connectivity index (χ2v) is 2.69. The second kappa shape index (κ2) is 2.90. The number of hydrogen-bond donors (Lipinski definition) is 1. The van der Waals surface area contributed by atoms with Crippen LogP contribution in [-0.2, 0) is 6.18 Å². The third kappa shape index (κ3) is 1.91. The number of alkyl halides is 3. The first-order valence-electron chi connectivity index (χ1n) is 3.45. The Bertz CT molecular complexity index is 330. The van der Waals surface area contributed by atoms with Gasteiger partial charge in [0.25, 0.3) is 0 Å². The van der Waals surface area contributed by atoms with Gasteiger partial charge in [0, 0.05) is 5.69 Å². The molecule has 0 aromatic heterocycles. The van der Waals surface area contributed by atoms with Crippen LogP contribution in [0.4, 0.5) is 23.2 Å². The zero-order valence-corrected chi connectivity index (χ0v) is 6.74. The van der Waals surface area contributed by atoms with E-state index < -0.39 is 23.2 Å². The topological polar surface area (TPSA) is 26.0 Å². The molecular formula is C8H7F4N. The fraction of sp³-hybridized carbons (Fsp3) is 0.250. The Morgan fingerprint density at radius 2 is 1.77 bits per heavy atom. The van der Waals surface area contributed by atoms with Crippen molar-refractivity contribution in [2.75, 3.05) is 5.73 Å². The maximum atomic E-state index is 12.7. The van der Waals surface area contributed by atoms with E-state index in [1.165, 1.54) is 6.92 Å². The van der Waals surface area contributed by atoms with Crippen LogP contribution in [0.1, 0.15) is 11.1 Å². The number of nitrogens with two attached hydrogens (primary N) is 1. The van der Waals surface area contributed by atoms with E-state index in [0.29, 0.717) is 6.07 Å². The summed E-state index contributed by atoms with van der Waals surface area (Å²) in [6.45, 7) is 1.35. The van der Waals surface area contributed by atoms with Gasteiger partial charge in [0.2, 0.25) is 0 Å². The predicted octanol–water partition coefficient (Wildman–Crippen LogP) is 2.74. The molecule has 1 aromatic carbocycles. The molecule has 2 N–H and O–H groups in total. The number of halogens is 4. The molecule has 0 spiro atoms. The smallest absolute Gasteiger partial charge is 0.398 e. The Morgan fingerprint density at radius 1 is 1.23 bits per heavy atom. The average molecular weight is 193 g/mol. The third-order valence-electron chi connectivity index (χ3n) is 1.64. The van der Waals surface area contributed by atoms with Crippen molar-refractivity contribution in [1.29, 1.82) is 0 Å². The van der Waals surface area contributed by atoms with Gasteiger partial charge in [-0.25, -0.2) is 4.39 Å². The molecule has 0 radical (unpaired) electrons. The molecule has 1 rings (SSSR count). The Kier molecular flexibility index (Phi) is 2.19. The minimum Gasteiger partial charge on any atom is -0.398 e. The van der Waals surface area contributed by atoms with E-state index in [1.807, 2.05) is 0 Å². The molecule has 0 heterocycles. The molecule has 0 fully saturated rings. The summed E-state index contributed by atoms with van der Waals surface area (Å²) in [7, 11) is 0. The Labute approximate surface area is 72.2 Å². The molecule has 0 atom stereocenters. The Hall–Kier alpha value is -1.26. The summed E-state index contributed by atoms with van der Waals surface area (Å²) in [6, 6.07) is 1.38. The Balaban J connectivity index is 3.32. The standard InChI is InChI=1S/C8H7F4N/c1-4-2-7(13)5(3-6(4)9)8(10,11)12/h2-3H,13H2,1H3. The first kappa shape index (κ1) is 9.83. The molecule has 0 aliphatic carbocycles. The molecule has 0 saturated heterocycles. The zero-order valence-electron chi connectivity index (χ0n) is 6.74. The van der Waals surface area contributed by atoms with Crippen molar-refractivity contribution in [3.63, 3.8) is 0 Å². The molecular weight excluding hydrogens is 186 g/mol. The predicted molar refractivity (Wildman–Crippen MR) is 40.6 cm³/mol. The first-order chi connectivity index (χ1) is 5.82. The molecule has 0 bridgehead atoms. The van der Waals surface area contributed by atoms with Gasteiger partial charge in [0.15, 0.2) is 0 Å². The van der Waals surface area contributed by atoms with Crippen LogP contribution in [0.5, 0.6) is 0 Å². The van der Waals surface area contributed by atoms with Crippen molar-refractivity contribution in [2.24, 2.45) is 0 Å². The van der Waals surface area contributed by atoms with E-state index in [2.05, 4.69) is 0 Å². The molecule has 1 aromatic rings. The summed E-state index contributed by atoms with van der Waals surface area (Å²) in [6.07, 6.45) is -4.60. The van der Waals surface area contributed by atoms with Crippen molar-refractivity contribution in [2.45, 2.75) is 13.1 Å². The molecule has 0 unspecified atom stereocenters. The van der Waals surface area contributed by atoms with Gasteiger partial charge in [0.1, 0.15) is 5.82 Å². The maximum Gasteiger partial charge on any atom is 0.418 e. The van der Waals surface area contributed by atoms with Crippen molar-refractivity contribution in [1.82, 2.24) is 0 Å². The first-order valence-corrected chi connectivity index (χ1v) is 3.45. The number of nitrogen functional groups attached to an aromatic ring is 1. The summed E-state index contributed by atoms with van der Waals surface area (Å²) in [5.74, 6) is -0.901. The highest BCUT2D eigenvalue weighted by molar-refractivity contribution is 5.50. The second-order valence-electron chi connectivity index (χ2n) is 2.69. The van der Waals surface area contributed by atoms with E-state index in [1.54, 1.807) is 0 Å². The summed E-state index contributed by atoms with van der Waals surface area (Å²) in [5.41, 5.74) is 3.61. The van der Waals surface area contributed by atoms with Crippen molar-refractivity contribution < 1.29 is 17.6 Å². The van der Waals surface area contributed by atoms with E-state index in [4.69, 9.17) is 5.73 Å². The van der Waals surface area contributed by atoms with Gasteiger partial charge in [-0.2, -0.15) is 13.2 Å². The molecule has 0 amide bonds. The minimum atomic E-state index is -4.60. The van der Waals surface area contributed by atoms with Crippen LogP contribution >= 0.6 is 0 Å². The van der Waals surface area contributed by atoms with Gasteiger partial charge in [0.05, 0.1) is 5.56 Å². The lowest BCUT2D eigenvalue weighted by Crippen LogP contribution is -2.09. The molecule has 0 aliphatic rings. The van der Waals surface area contributed by atoms with E-state index in [0.717, 1.165) is 6.07 Å². The quantitative estimate of drug-likeness (QED) is 0.497. The van der Waals surface area contributed by atoms with Crippen LogP contribution in [0.25, 0.3) is 0 Å². The van der Waals surface area contributed by atoms with Gasteiger partial charge >= 0.3 is 6.18 Å². The molecule has 5 heteroatoms. The maximum absolute atomic E-state index is 12.7. The zero-order chi connectivity index (χ0) is 10.2. The van der Waals surface area contributed by atoms with Crippen LogP contribution in [0, 0.1) is 12.7 Å². The number of benzene rings is 1. The highest BCUT2D eigenvalue weighted by Crippen LogP contribution is 2.34. The summed E-state index contributed by atoms with van der Waals surface area (Å²) in [5, 5.41) is 0. The summed E-state index contributed by atoms with van der Waals surface area (Å²) in [4.78, 5) is 0. The highest BCUT2D eigenvalue weighted by atomic mass is 19.4. The van der Waals surface area contributed by atoms with Gasteiger partial charge in [-0.05, 0) is 24.6 Å². The molecule has 0 saturated carbocycles. The van der Waals surface area contributed by atoms with E-state index >= 15 is 0 Å². The average Bonchev–Trinajstić information content (AvgIpc) is 1.94. The van der Waals surface area contributed by atoms with E-state index in [-0.39, 0.29) is 5.56 Å². The van der Waals surface area contributed by atoms with Gasteiger partial charge in [-0.3, -0.25) is 0 Å². The van der Waals surface area contributed by atoms with Crippen LogP contribution in [0.2, 0.25) is 0 Å². The SMILES string of the molecule is Cc1cc(N)c(C(F)(F)F)cc1F. The van der Waals surface area contributed by atoms with E-state index in [9.17, 15) is 17.6 Å². The molecule has 1 nitrogen and oxygen atoms in total. The fourth-order valence-corrected chi connectivity index (χ4v) is 0.949. The van der Waals surface area contributed by atoms with Gasteiger partial charge in [-0.1, -0.05) is 0 Å². The summed E-state index contributed by atoms with van der Waals surface area (Å²) >= 11 is 0. The van der Waals surface area contributed by atoms with Crippen molar-refractivity contribution in [3.8, 4) is 0 Å². The number of hydrogen-bond acceptors (Lipinski definition) is 1. The number of anilines is 1. The largest absolute Gasteiger partial charge is 0.418 e. The van der Waals surface area contributed by atoms with Crippen LogP contribution < -0.4 is 5.73 Å². The van der Waals surface area contributed by atoms with Crippen molar-refractivity contribution in [3.05, 3.63) is 29.1 Å². The van der Waals surface area contributed by atoms with Gasteiger partial charge in [-0.15, -0.1) is 0 Å². The molecule has 72 valence electrons. The lowest BCUT2D eigenvalue weighted by molar-refractivity contribution is -0.137. The molecule has 0 aliphatic heterocycles. The van der Waals surface area contributed by atoms with Crippen LogP contribution in [-0.4, -0.2) is 0 Å². The third-order valence-corrected chi connectivity index (χ3v) is 1.64. The number of aryl methyl sites for hydroxylation is 1. The Morgan fingerprint density at radius 3 is 2.23 bits per heavy atom. The monoisotopic (exact) mass is 193 g/mol. The van der Waals surface area contributed by atoms with Gasteiger partial charge < -0.3 is 5.73 Å². The van der Waals surface area contributed by atoms with Crippen LogP contribution in [0.3, 0.4) is 0 Å². The normalized spacial score (nSPS) is 11.8. The van der Waals surface area contributed by atoms with Crippen molar-refractivity contribution >= 4 is 5.69 Å². The molecule has 13 heavy (non-hydrogen) atoms. The summed E-state index contributed by atoms with van der Waals surface area (Å²) < 4.78 is 49.1. The lowest BCUT2D eigenvalue weighted by Gasteiger charge is -2.10. The van der Waals surface area contributed by atoms with Crippen LogP contribution in [0.15, 0.2) is 12.1 Å².